The quantitative estimate of drug-likeness (QED) is 0.691. The van der Waals surface area contributed by atoms with Crippen LogP contribution in [0.4, 0.5) is 13.2 Å². The van der Waals surface area contributed by atoms with Gasteiger partial charge in [0.2, 0.25) is 0 Å². The molecule has 0 radical (unpaired) electrons. The molecule has 0 saturated carbocycles. The van der Waals surface area contributed by atoms with Crippen molar-refractivity contribution < 1.29 is 18.0 Å². The van der Waals surface area contributed by atoms with E-state index < -0.39 is 12.0 Å². The third-order valence-corrected chi connectivity index (χ3v) is 1.80. The lowest BCUT2D eigenvalue weighted by Crippen LogP contribution is -2.23. The second-order valence-corrected chi connectivity index (χ2v) is 3.06. The standard InChI is InChI=1S/C11H9F3O/c1-8(10(15)11(12,13)14)7-9-5-3-2-4-6-9/h2-7H,1H3/b8-7+. The van der Waals surface area contributed by atoms with Crippen LogP contribution in [0.25, 0.3) is 6.08 Å². The molecule has 0 heterocycles. The monoisotopic (exact) mass is 214 g/mol. The van der Waals surface area contributed by atoms with E-state index in [0.29, 0.717) is 5.56 Å². The van der Waals surface area contributed by atoms with Gasteiger partial charge in [-0.3, -0.25) is 4.79 Å². The number of halogens is 3. The Morgan fingerprint density at radius 3 is 2.20 bits per heavy atom. The minimum atomic E-state index is -4.80. The smallest absolute Gasteiger partial charge is 0.284 e. The average molecular weight is 214 g/mol. The first kappa shape index (κ1) is 11.5. The lowest BCUT2D eigenvalue weighted by atomic mass is 10.1. The van der Waals surface area contributed by atoms with E-state index in [1.807, 2.05) is 0 Å². The van der Waals surface area contributed by atoms with Gasteiger partial charge in [-0.05, 0) is 18.6 Å². The number of carbonyl (C=O) groups excluding carboxylic acids is 1. The van der Waals surface area contributed by atoms with Gasteiger partial charge < -0.3 is 0 Å². The summed E-state index contributed by atoms with van der Waals surface area (Å²) in [5.74, 6) is -1.80. The minimum Gasteiger partial charge on any atom is -0.284 e. The van der Waals surface area contributed by atoms with E-state index >= 15 is 0 Å². The van der Waals surface area contributed by atoms with Gasteiger partial charge in [-0.2, -0.15) is 13.2 Å². The fraction of sp³-hybridized carbons (Fsp3) is 0.182. The number of rotatable bonds is 2. The molecule has 0 aromatic heterocycles. The predicted molar refractivity (Wildman–Crippen MR) is 51.2 cm³/mol. The van der Waals surface area contributed by atoms with Crippen molar-refractivity contribution in [2.24, 2.45) is 0 Å². The van der Waals surface area contributed by atoms with Gasteiger partial charge in [-0.1, -0.05) is 30.3 Å². The maximum Gasteiger partial charge on any atom is 0.454 e. The highest BCUT2D eigenvalue weighted by Crippen LogP contribution is 2.21. The summed E-state index contributed by atoms with van der Waals surface area (Å²) in [6, 6.07) is 8.40. The van der Waals surface area contributed by atoms with Crippen molar-refractivity contribution in [2.45, 2.75) is 13.1 Å². The number of ketones is 1. The molecule has 0 aliphatic heterocycles. The van der Waals surface area contributed by atoms with Crippen LogP contribution in [0, 0.1) is 0 Å². The number of hydrogen-bond donors (Lipinski definition) is 0. The molecule has 0 aliphatic rings. The molecule has 0 bridgehead atoms. The van der Waals surface area contributed by atoms with Gasteiger partial charge in [0.25, 0.3) is 5.78 Å². The number of carbonyl (C=O) groups is 1. The van der Waals surface area contributed by atoms with E-state index in [9.17, 15) is 18.0 Å². The van der Waals surface area contributed by atoms with E-state index in [-0.39, 0.29) is 5.57 Å². The fourth-order valence-corrected chi connectivity index (χ4v) is 1.09. The van der Waals surface area contributed by atoms with Crippen LogP contribution in [0.2, 0.25) is 0 Å². The minimum absolute atomic E-state index is 0.311. The van der Waals surface area contributed by atoms with Gasteiger partial charge in [0.1, 0.15) is 0 Å². The van der Waals surface area contributed by atoms with Crippen LogP contribution in [0.1, 0.15) is 12.5 Å². The van der Waals surface area contributed by atoms with Crippen molar-refractivity contribution in [1.29, 1.82) is 0 Å². The fourth-order valence-electron chi connectivity index (χ4n) is 1.09. The molecule has 0 atom stereocenters. The van der Waals surface area contributed by atoms with Crippen molar-refractivity contribution >= 4 is 11.9 Å². The van der Waals surface area contributed by atoms with Crippen LogP contribution in [-0.4, -0.2) is 12.0 Å². The molecule has 0 aliphatic carbocycles. The van der Waals surface area contributed by atoms with Gasteiger partial charge in [0, 0.05) is 5.57 Å². The first-order valence-corrected chi connectivity index (χ1v) is 4.26. The summed E-state index contributed by atoms with van der Waals surface area (Å²) in [7, 11) is 0. The van der Waals surface area contributed by atoms with Gasteiger partial charge in [-0.15, -0.1) is 0 Å². The van der Waals surface area contributed by atoms with Crippen molar-refractivity contribution in [3.8, 4) is 0 Å². The maximum atomic E-state index is 12.0. The largest absolute Gasteiger partial charge is 0.454 e. The molecule has 0 N–H and O–H groups in total. The van der Waals surface area contributed by atoms with E-state index in [0.717, 1.165) is 6.92 Å². The maximum absolute atomic E-state index is 12.0. The Balaban J connectivity index is 2.91. The average Bonchev–Trinajstić information content (AvgIpc) is 2.16. The van der Waals surface area contributed by atoms with Gasteiger partial charge in [0.05, 0.1) is 0 Å². The van der Waals surface area contributed by atoms with Crippen LogP contribution < -0.4 is 0 Å². The van der Waals surface area contributed by atoms with Crippen molar-refractivity contribution in [3.63, 3.8) is 0 Å². The molecular formula is C11H9F3O. The van der Waals surface area contributed by atoms with E-state index in [1.165, 1.54) is 6.08 Å². The molecule has 80 valence electrons. The molecule has 15 heavy (non-hydrogen) atoms. The summed E-state index contributed by atoms with van der Waals surface area (Å²) in [5.41, 5.74) is 0.265. The highest BCUT2D eigenvalue weighted by molar-refractivity contribution is 6.02. The third kappa shape index (κ3) is 3.23. The summed E-state index contributed by atoms with van der Waals surface area (Å²) in [5, 5.41) is 0. The number of benzene rings is 1. The molecule has 1 rings (SSSR count). The zero-order valence-corrected chi connectivity index (χ0v) is 8.01. The molecule has 0 unspecified atom stereocenters. The number of alkyl halides is 3. The van der Waals surface area contributed by atoms with Crippen LogP contribution in [-0.2, 0) is 4.79 Å². The van der Waals surface area contributed by atoms with Gasteiger partial charge in [0.15, 0.2) is 0 Å². The summed E-state index contributed by atoms with van der Waals surface area (Å²) >= 11 is 0. The Kier molecular flexibility index (Phi) is 3.29. The highest BCUT2D eigenvalue weighted by atomic mass is 19.4. The number of hydrogen-bond acceptors (Lipinski definition) is 1. The van der Waals surface area contributed by atoms with Gasteiger partial charge >= 0.3 is 6.18 Å². The second-order valence-electron chi connectivity index (χ2n) is 3.06. The molecule has 1 nitrogen and oxygen atoms in total. The predicted octanol–water partition coefficient (Wildman–Crippen LogP) is 3.22. The molecular weight excluding hydrogens is 205 g/mol. The van der Waals surface area contributed by atoms with E-state index in [4.69, 9.17) is 0 Å². The Morgan fingerprint density at radius 1 is 1.20 bits per heavy atom. The van der Waals surface area contributed by atoms with E-state index in [2.05, 4.69) is 0 Å². The molecule has 0 fully saturated rings. The number of Topliss-reactive ketones (excluding diaryl/α,β-unsaturated/α-hetero) is 1. The summed E-state index contributed by atoms with van der Waals surface area (Å²) in [6.07, 6.45) is -3.58. The Hall–Kier alpha value is -1.58. The highest BCUT2D eigenvalue weighted by Gasteiger charge is 2.38. The van der Waals surface area contributed by atoms with E-state index in [1.54, 1.807) is 30.3 Å². The zero-order valence-electron chi connectivity index (χ0n) is 8.01. The lowest BCUT2D eigenvalue weighted by molar-refractivity contribution is -0.166. The summed E-state index contributed by atoms with van der Waals surface area (Å²) in [4.78, 5) is 10.8. The summed E-state index contributed by atoms with van der Waals surface area (Å²) in [6.45, 7) is 1.16. The second kappa shape index (κ2) is 4.29. The zero-order chi connectivity index (χ0) is 11.5. The Morgan fingerprint density at radius 2 is 1.73 bits per heavy atom. The molecule has 0 spiro atoms. The van der Waals surface area contributed by atoms with Crippen LogP contribution in [0.15, 0.2) is 35.9 Å². The third-order valence-electron chi connectivity index (χ3n) is 1.80. The van der Waals surface area contributed by atoms with Gasteiger partial charge in [-0.25, -0.2) is 0 Å². The van der Waals surface area contributed by atoms with Crippen LogP contribution in [0.5, 0.6) is 0 Å². The molecule has 0 saturated heterocycles. The first-order valence-electron chi connectivity index (χ1n) is 4.26. The van der Waals surface area contributed by atoms with Crippen molar-refractivity contribution in [1.82, 2.24) is 0 Å². The molecule has 0 amide bonds. The molecule has 4 heteroatoms. The lowest BCUT2D eigenvalue weighted by Gasteiger charge is -2.04. The SMILES string of the molecule is C/C(=C\c1ccccc1)C(=O)C(F)(F)F. The molecule has 1 aromatic carbocycles. The Bertz CT molecular complexity index is 377. The van der Waals surface area contributed by atoms with Crippen LogP contribution in [0.3, 0.4) is 0 Å². The van der Waals surface area contributed by atoms with Crippen LogP contribution >= 0.6 is 0 Å². The first-order chi connectivity index (χ1) is 6.91. The summed E-state index contributed by atoms with van der Waals surface area (Å²) < 4.78 is 36.0. The number of allylic oxidation sites excluding steroid dienone is 1. The van der Waals surface area contributed by atoms with Crippen molar-refractivity contribution in [2.75, 3.05) is 0 Å². The normalized spacial score (nSPS) is 12.7. The topological polar surface area (TPSA) is 17.1 Å². The van der Waals surface area contributed by atoms with Crippen molar-refractivity contribution in [3.05, 3.63) is 41.5 Å². The Labute approximate surface area is 85.2 Å². The molecule has 1 aromatic rings.